The quantitative estimate of drug-likeness (QED) is 0.214. The molecule has 4 aromatic rings. The van der Waals surface area contributed by atoms with Crippen LogP contribution in [0, 0.1) is 5.41 Å². The average Bonchev–Trinajstić information content (AvgIpc) is 3.39. The van der Waals surface area contributed by atoms with Gasteiger partial charge in [-0.15, -0.1) is 0 Å². The van der Waals surface area contributed by atoms with Crippen molar-refractivity contribution in [2.24, 2.45) is 5.41 Å². The van der Waals surface area contributed by atoms with E-state index in [1.165, 1.54) is 0 Å². The Morgan fingerprint density at radius 2 is 1.50 bits per heavy atom. The number of amides is 4. The Bertz CT molecular complexity index is 2260. The number of ether oxygens (including phenoxy) is 2. The summed E-state index contributed by atoms with van der Waals surface area (Å²) >= 11 is 0. The Morgan fingerprint density at radius 3 is 2.14 bits per heavy atom. The minimum atomic E-state index is -0.992. The van der Waals surface area contributed by atoms with E-state index < -0.39 is 29.7 Å². The molecule has 4 fully saturated rings. The number of carbonyl (C=O) groups excluding carboxylic acids is 5. The van der Waals surface area contributed by atoms with Crippen molar-refractivity contribution < 1.29 is 33.4 Å². The van der Waals surface area contributed by atoms with E-state index in [2.05, 4.69) is 58.2 Å². The Hall–Kier alpha value is -6.11. The van der Waals surface area contributed by atoms with E-state index in [9.17, 15) is 24.0 Å². The summed E-state index contributed by atoms with van der Waals surface area (Å²) in [6.07, 6.45) is 4.23. The summed E-state index contributed by atoms with van der Waals surface area (Å²) in [6.45, 7) is 7.61. The molecule has 9 rings (SSSR count). The Balaban J connectivity index is 0.776. The fourth-order valence-corrected chi connectivity index (χ4v) is 8.57. The summed E-state index contributed by atoms with van der Waals surface area (Å²) in [4.78, 5) is 76.4. The molecule has 1 N–H and O–H groups in total. The fraction of sp³-hybridized carbons (Fsp3) is 0.372. The largest absolute Gasteiger partial charge is 0.491 e. The molecule has 1 aliphatic carbocycles. The van der Waals surface area contributed by atoms with E-state index in [0.717, 1.165) is 65.0 Å². The molecular weight excluding hydrogens is 713 g/mol. The maximum atomic E-state index is 13.3. The summed E-state index contributed by atoms with van der Waals surface area (Å²) in [5.74, 6) is 0.496. The summed E-state index contributed by atoms with van der Waals surface area (Å²) in [5, 5.41) is 2.23. The molecule has 4 amide bonds. The highest BCUT2D eigenvalue weighted by molar-refractivity contribution is 6.23. The summed E-state index contributed by atoms with van der Waals surface area (Å²) < 4.78 is 12.3. The van der Waals surface area contributed by atoms with Crippen molar-refractivity contribution in [2.75, 3.05) is 36.0 Å². The van der Waals surface area contributed by atoms with Gasteiger partial charge in [-0.3, -0.25) is 34.2 Å². The number of carbonyl (C=O) groups is 5. The zero-order valence-electron chi connectivity index (χ0n) is 31.3. The molecule has 56 heavy (non-hydrogen) atoms. The number of Topliss-reactive ketones (excluding diaryl/α,β-unsaturated/α-hetero) is 1. The van der Waals surface area contributed by atoms with Crippen molar-refractivity contribution in [3.63, 3.8) is 0 Å². The molecule has 1 saturated carbocycles. The molecule has 3 aromatic carbocycles. The zero-order valence-corrected chi connectivity index (χ0v) is 31.3. The smallest absolute Gasteiger partial charge is 0.262 e. The second-order valence-electron chi connectivity index (χ2n) is 16.2. The molecule has 3 saturated heterocycles. The molecule has 5 aliphatic rings. The number of nitrogens with zero attached hydrogens (tertiary/aromatic N) is 5. The molecule has 0 radical (unpaired) electrons. The van der Waals surface area contributed by atoms with Crippen molar-refractivity contribution in [3.8, 4) is 11.5 Å². The molecule has 1 spiro atoms. The van der Waals surface area contributed by atoms with Gasteiger partial charge < -0.3 is 19.3 Å². The number of fused-ring (bicyclic) bond motifs is 1. The Morgan fingerprint density at radius 1 is 0.821 bits per heavy atom. The zero-order chi connectivity index (χ0) is 38.8. The maximum absolute atomic E-state index is 13.3. The van der Waals surface area contributed by atoms with Crippen LogP contribution in [0.2, 0.25) is 0 Å². The van der Waals surface area contributed by atoms with Crippen LogP contribution in [0.15, 0.2) is 79.0 Å². The molecule has 4 aliphatic heterocycles. The van der Waals surface area contributed by atoms with E-state index in [1.807, 2.05) is 36.4 Å². The average molecular weight is 755 g/mol. The van der Waals surface area contributed by atoms with Crippen LogP contribution in [0.1, 0.15) is 83.5 Å². The first-order valence-electron chi connectivity index (χ1n) is 19.1. The van der Waals surface area contributed by atoms with E-state index >= 15 is 0 Å². The third kappa shape index (κ3) is 6.34. The molecule has 5 heterocycles. The van der Waals surface area contributed by atoms with Crippen LogP contribution in [0.25, 0.3) is 0 Å². The lowest BCUT2D eigenvalue weighted by Crippen LogP contribution is -2.63. The first kappa shape index (κ1) is 35.6. The molecule has 2 atom stereocenters. The predicted molar refractivity (Wildman–Crippen MR) is 205 cm³/mol. The number of anilines is 2. The molecule has 286 valence electrons. The van der Waals surface area contributed by atoms with Crippen LogP contribution in [0.5, 0.6) is 11.5 Å². The monoisotopic (exact) mass is 754 g/mol. The molecule has 1 aromatic heterocycles. The van der Waals surface area contributed by atoms with Gasteiger partial charge in [0.2, 0.25) is 17.8 Å². The summed E-state index contributed by atoms with van der Waals surface area (Å²) in [5.41, 5.74) is 4.30. The second-order valence-corrected chi connectivity index (χ2v) is 16.2. The van der Waals surface area contributed by atoms with Gasteiger partial charge in [-0.1, -0.05) is 38.1 Å². The highest BCUT2D eigenvalue weighted by Gasteiger charge is 2.53. The van der Waals surface area contributed by atoms with Gasteiger partial charge >= 0.3 is 0 Å². The fourth-order valence-electron chi connectivity index (χ4n) is 8.57. The SMILES string of the molecule is CC(C)(c1ccc(OCc2ccnc(N3CC4(CC(=O)C4)C3)n2)cc1)c1ccc(OC[C@@H]2CCN2c2ccc3c(c2)C(=O)N(C2CCC(=O)NC2=O)C3=O)cc1. The number of nitrogens with one attached hydrogen (secondary N) is 1. The van der Waals surface area contributed by atoms with Gasteiger partial charge in [0.25, 0.3) is 11.8 Å². The normalized spacial score (nSPS) is 21.3. The van der Waals surface area contributed by atoms with Gasteiger partial charge in [-0.05, 0) is 72.5 Å². The van der Waals surface area contributed by atoms with Gasteiger partial charge in [0.15, 0.2) is 0 Å². The van der Waals surface area contributed by atoms with Crippen molar-refractivity contribution in [2.45, 2.75) is 70.1 Å². The summed E-state index contributed by atoms with van der Waals surface area (Å²) in [6, 6.07) is 22.5. The Kier molecular flexibility index (Phi) is 8.62. The standard InChI is InChI=1S/C43H42N6O7/c1-42(2,26-3-8-32(9-4-26)55-22-28-15-17-44-41(45-28)47-24-43(25-47)20-31(50)21-43)27-5-10-33(11-6-27)56-23-30-16-18-48(30)29-7-12-34-35(19-29)40(54)49(39(34)53)36-13-14-37(51)46-38(36)52/h3-12,15,17,19,30,36H,13-14,16,18,20-25H2,1-2H3,(H,46,51,52)/t30-,36?/m0/s1. The number of hydrogen-bond donors (Lipinski definition) is 1. The lowest BCUT2D eigenvalue weighted by atomic mass is 9.63. The number of benzene rings is 3. The van der Waals surface area contributed by atoms with Crippen LogP contribution >= 0.6 is 0 Å². The van der Waals surface area contributed by atoms with Gasteiger partial charge in [0.1, 0.15) is 36.5 Å². The van der Waals surface area contributed by atoms with Crippen molar-refractivity contribution in [1.29, 1.82) is 0 Å². The van der Waals surface area contributed by atoms with E-state index in [-0.39, 0.29) is 40.8 Å². The van der Waals surface area contributed by atoms with E-state index in [1.54, 1.807) is 18.3 Å². The van der Waals surface area contributed by atoms with Crippen molar-refractivity contribution >= 4 is 41.0 Å². The molecule has 1 unspecified atom stereocenters. The minimum Gasteiger partial charge on any atom is -0.491 e. The number of ketones is 1. The van der Waals surface area contributed by atoms with Gasteiger partial charge in [0, 0.05) is 61.6 Å². The molecule has 13 heteroatoms. The lowest BCUT2D eigenvalue weighted by Gasteiger charge is -2.54. The predicted octanol–water partition coefficient (Wildman–Crippen LogP) is 4.61. The number of hydrogen-bond acceptors (Lipinski definition) is 11. The number of piperidine rings is 1. The Labute approximate surface area is 324 Å². The molecule has 13 nitrogen and oxygen atoms in total. The number of rotatable bonds is 11. The van der Waals surface area contributed by atoms with Crippen LogP contribution in [-0.2, 0) is 26.4 Å². The molecule has 0 bridgehead atoms. The van der Waals surface area contributed by atoms with Crippen molar-refractivity contribution in [1.82, 2.24) is 20.2 Å². The molecular formula is C43H42N6O7. The van der Waals surface area contributed by atoms with Gasteiger partial charge in [0.05, 0.1) is 22.9 Å². The number of imide groups is 2. The van der Waals surface area contributed by atoms with Crippen LogP contribution in [0.4, 0.5) is 11.6 Å². The first-order chi connectivity index (χ1) is 27.0. The number of aromatic nitrogens is 2. The summed E-state index contributed by atoms with van der Waals surface area (Å²) in [7, 11) is 0. The van der Waals surface area contributed by atoms with Crippen LogP contribution < -0.4 is 24.6 Å². The third-order valence-corrected chi connectivity index (χ3v) is 12.1. The maximum Gasteiger partial charge on any atom is 0.262 e. The van der Waals surface area contributed by atoms with E-state index in [4.69, 9.17) is 14.5 Å². The highest BCUT2D eigenvalue weighted by Crippen LogP contribution is 2.46. The van der Waals surface area contributed by atoms with Gasteiger partial charge in [-0.25, -0.2) is 9.97 Å². The van der Waals surface area contributed by atoms with Gasteiger partial charge in [-0.2, -0.15) is 0 Å². The topological polar surface area (TPSA) is 151 Å². The highest BCUT2D eigenvalue weighted by atomic mass is 16.5. The van der Waals surface area contributed by atoms with E-state index in [0.29, 0.717) is 37.8 Å². The van der Waals surface area contributed by atoms with Crippen LogP contribution in [-0.4, -0.2) is 82.6 Å². The minimum absolute atomic E-state index is 0.0794. The third-order valence-electron chi connectivity index (χ3n) is 12.1. The lowest BCUT2D eigenvalue weighted by molar-refractivity contribution is -0.136. The first-order valence-corrected chi connectivity index (χ1v) is 19.1. The second kappa shape index (κ2) is 13.6. The van der Waals surface area contributed by atoms with Crippen LogP contribution in [0.3, 0.4) is 0 Å². The van der Waals surface area contributed by atoms with Crippen molar-refractivity contribution in [3.05, 3.63) is 107 Å².